The number of benzene rings is 2. The van der Waals surface area contributed by atoms with E-state index < -0.39 is 24.0 Å². The van der Waals surface area contributed by atoms with Gasteiger partial charge in [0.1, 0.15) is 17.5 Å². The van der Waals surface area contributed by atoms with Crippen molar-refractivity contribution in [2.45, 2.75) is 19.1 Å². The van der Waals surface area contributed by atoms with Crippen LogP contribution in [0.1, 0.15) is 17.3 Å². The largest absolute Gasteiger partial charge is 0.457 e. The molecule has 2 aromatic rings. The van der Waals surface area contributed by atoms with E-state index in [0.717, 1.165) is 0 Å². The van der Waals surface area contributed by atoms with E-state index in [0.29, 0.717) is 11.5 Å². The van der Waals surface area contributed by atoms with Gasteiger partial charge in [-0.15, -0.1) is 0 Å². The predicted molar refractivity (Wildman–Crippen MR) is 85.8 cm³/mol. The molecule has 2 atom stereocenters. The Labute approximate surface area is 138 Å². The summed E-state index contributed by atoms with van der Waals surface area (Å²) in [6.45, 7) is 1.33. The number of nitrogens with one attached hydrogen (secondary N) is 2. The monoisotopic (exact) mass is 330 g/mol. The van der Waals surface area contributed by atoms with Crippen molar-refractivity contribution in [2.75, 3.05) is 0 Å². The average molecular weight is 330 g/mol. The van der Waals surface area contributed by atoms with Crippen molar-refractivity contribution in [3.63, 3.8) is 0 Å². The Morgan fingerprint density at radius 1 is 1.04 bits per heavy atom. The molecular weight excluding hydrogens is 312 g/mol. The Balaban J connectivity index is 2.12. The lowest BCUT2D eigenvalue weighted by Crippen LogP contribution is -2.51. The second-order valence-corrected chi connectivity index (χ2v) is 5.11. The third-order valence-corrected chi connectivity index (χ3v) is 3.24. The van der Waals surface area contributed by atoms with Crippen LogP contribution in [0.25, 0.3) is 0 Å². The molecule has 0 radical (unpaired) electrons. The molecule has 0 aliphatic heterocycles. The highest BCUT2D eigenvalue weighted by atomic mass is 16.5. The minimum Gasteiger partial charge on any atom is -0.457 e. The van der Waals surface area contributed by atoms with Gasteiger partial charge in [0.2, 0.25) is 0 Å². The molecule has 0 aliphatic rings. The van der Waals surface area contributed by atoms with Crippen LogP contribution in [0, 0.1) is 0 Å². The molecule has 0 aliphatic carbocycles. The second kappa shape index (κ2) is 8.09. The molecule has 2 amide bonds. The molecule has 4 N–H and O–H groups in total. The van der Waals surface area contributed by atoms with Crippen molar-refractivity contribution in [3.8, 4) is 11.5 Å². The van der Waals surface area contributed by atoms with Gasteiger partial charge < -0.3 is 15.2 Å². The third-order valence-electron chi connectivity index (χ3n) is 3.24. The maximum atomic E-state index is 12.2. The lowest BCUT2D eigenvalue weighted by molar-refractivity contribution is -0.133. The van der Waals surface area contributed by atoms with Crippen molar-refractivity contribution in [2.24, 2.45) is 0 Å². The first kappa shape index (κ1) is 17.5. The van der Waals surface area contributed by atoms with Gasteiger partial charge >= 0.3 is 0 Å². The number of aliphatic hydroxyl groups is 1. The fourth-order valence-electron chi connectivity index (χ4n) is 2.02. The van der Waals surface area contributed by atoms with E-state index >= 15 is 0 Å². The standard InChI is InChI=1S/C17H18N2O5/c1-11(20)15(17(22)19-23)18-16(21)12-6-5-9-14(10-12)24-13-7-3-2-4-8-13/h2-11,15,20,23H,1H3,(H,18,21)(H,19,22)/t11-,15+/m1/s1. The summed E-state index contributed by atoms with van der Waals surface area (Å²) in [5.74, 6) is -0.413. The number of para-hydroxylation sites is 1. The van der Waals surface area contributed by atoms with Crippen LogP contribution in [0.2, 0.25) is 0 Å². The molecular formula is C17H18N2O5. The first-order valence-corrected chi connectivity index (χ1v) is 7.27. The molecule has 7 nitrogen and oxygen atoms in total. The topological polar surface area (TPSA) is 108 Å². The first-order chi connectivity index (χ1) is 11.5. The fourth-order valence-corrected chi connectivity index (χ4v) is 2.02. The summed E-state index contributed by atoms with van der Waals surface area (Å²) in [5.41, 5.74) is 1.66. The molecule has 0 saturated heterocycles. The maximum absolute atomic E-state index is 12.2. The van der Waals surface area contributed by atoms with E-state index in [4.69, 9.17) is 9.94 Å². The molecule has 7 heteroatoms. The Hall–Kier alpha value is -2.90. The van der Waals surface area contributed by atoms with Gasteiger partial charge in [-0.25, -0.2) is 5.48 Å². The van der Waals surface area contributed by atoms with E-state index in [1.165, 1.54) is 18.5 Å². The summed E-state index contributed by atoms with van der Waals surface area (Å²) in [5, 5.41) is 20.6. The number of rotatable bonds is 6. The summed E-state index contributed by atoms with van der Waals surface area (Å²) >= 11 is 0. The Bertz CT molecular complexity index is 703. The van der Waals surface area contributed by atoms with E-state index in [1.807, 2.05) is 18.2 Å². The summed E-state index contributed by atoms with van der Waals surface area (Å²) in [7, 11) is 0. The van der Waals surface area contributed by atoms with Crippen LogP contribution in [-0.2, 0) is 4.79 Å². The smallest absolute Gasteiger partial charge is 0.268 e. The van der Waals surface area contributed by atoms with Crippen LogP contribution >= 0.6 is 0 Å². The molecule has 0 aromatic heterocycles. The number of hydroxylamine groups is 1. The number of carbonyl (C=O) groups is 2. The highest BCUT2D eigenvalue weighted by molar-refractivity contribution is 5.97. The molecule has 0 saturated carbocycles. The quantitative estimate of drug-likeness (QED) is 0.474. The zero-order chi connectivity index (χ0) is 17.5. The van der Waals surface area contributed by atoms with E-state index in [-0.39, 0.29) is 5.56 Å². The van der Waals surface area contributed by atoms with Crippen molar-refractivity contribution >= 4 is 11.8 Å². The van der Waals surface area contributed by atoms with Crippen molar-refractivity contribution in [1.82, 2.24) is 10.8 Å². The third kappa shape index (κ3) is 4.55. The Morgan fingerprint density at radius 3 is 2.33 bits per heavy atom. The van der Waals surface area contributed by atoms with Crippen LogP contribution in [0.15, 0.2) is 54.6 Å². The van der Waals surface area contributed by atoms with Gasteiger partial charge in [-0.2, -0.15) is 0 Å². The van der Waals surface area contributed by atoms with Gasteiger partial charge in [-0.1, -0.05) is 24.3 Å². The molecule has 2 aromatic carbocycles. The lowest BCUT2D eigenvalue weighted by Gasteiger charge is -2.19. The molecule has 24 heavy (non-hydrogen) atoms. The molecule has 126 valence electrons. The predicted octanol–water partition coefficient (Wildman–Crippen LogP) is 1.46. The summed E-state index contributed by atoms with van der Waals surface area (Å²) in [4.78, 5) is 23.7. The normalized spacial score (nSPS) is 12.8. The number of ether oxygens (including phenoxy) is 1. The van der Waals surface area contributed by atoms with Crippen LogP contribution in [0.4, 0.5) is 0 Å². The fraction of sp³-hybridized carbons (Fsp3) is 0.176. The molecule has 0 fully saturated rings. The SMILES string of the molecule is C[C@@H](O)[C@H](NC(=O)c1cccc(Oc2ccccc2)c1)C(=O)NO. The van der Waals surface area contributed by atoms with Gasteiger partial charge in [0, 0.05) is 5.56 Å². The highest BCUT2D eigenvalue weighted by Gasteiger charge is 2.25. The van der Waals surface area contributed by atoms with Crippen LogP contribution < -0.4 is 15.5 Å². The minimum atomic E-state index is -1.28. The molecule has 0 heterocycles. The first-order valence-electron chi connectivity index (χ1n) is 7.27. The number of amides is 2. The highest BCUT2D eigenvalue weighted by Crippen LogP contribution is 2.21. The zero-order valence-electron chi connectivity index (χ0n) is 13.0. The van der Waals surface area contributed by atoms with Gasteiger partial charge in [0.05, 0.1) is 6.10 Å². The summed E-state index contributed by atoms with van der Waals surface area (Å²) < 4.78 is 5.64. The van der Waals surface area contributed by atoms with Gasteiger partial charge in [-0.05, 0) is 37.3 Å². The van der Waals surface area contributed by atoms with Gasteiger partial charge in [0.25, 0.3) is 11.8 Å². The minimum absolute atomic E-state index is 0.250. The van der Waals surface area contributed by atoms with Crippen molar-refractivity contribution < 1.29 is 24.6 Å². The van der Waals surface area contributed by atoms with Gasteiger partial charge in [-0.3, -0.25) is 14.8 Å². The number of hydrogen-bond donors (Lipinski definition) is 4. The maximum Gasteiger partial charge on any atom is 0.268 e. The van der Waals surface area contributed by atoms with E-state index in [9.17, 15) is 14.7 Å². The summed E-state index contributed by atoms with van der Waals surface area (Å²) in [6.07, 6.45) is -1.18. The molecule has 2 rings (SSSR count). The lowest BCUT2D eigenvalue weighted by atomic mass is 10.1. The zero-order valence-corrected chi connectivity index (χ0v) is 13.0. The number of hydrogen-bond acceptors (Lipinski definition) is 5. The Kier molecular flexibility index (Phi) is 5.89. The molecule has 0 bridgehead atoms. The molecule has 0 unspecified atom stereocenters. The van der Waals surface area contributed by atoms with E-state index in [2.05, 4.69) is 5.32 Å². The van der Waals surface area contributed by atoms with Crippen molar-refractivity contribution in [3.05, 3.63) is 60.2 Å². The number of aliphatic hydroxyl groups excluding tert-OH is 1. The van der Waals surface area contributed by atoms with Crippen LogP contribution in [-0.4, -0.2) is 34.3 Å². The molecule has 0 spiro atoms. The van der Waals surface area contributed by atoms with Gasteiger partial charge in [0.15, 0.2) is 0 Å². The van der Waals surface area contributed by atoms with Crippen LogP contribution in [0.3, 0.4) is 0 Å². The Morgan fingerprint density at radius 2 is 1.71 bits per heavy atom. The second-order valence-electron chi connectivity index (χ2n) is 5.11. The van der Waals surface area contributed by atoms with Crippen LogP contribution in [0.5, 0.6) is 11.5 Å². The van der Waals surface area contributed by atoms with E-state index in [1.54, 1.807) is 30.3 Å². The average Bonchev–Trinajstić information content (AvgIpc) is 2.59. The summed E-state index contributed by atoms with van der Waals surface area (Å²) in [6, 6.07) is 14.2. The number of carbonyl (C=O) groups excluding carboxylic acids is 2. The van der Waals surface area contributed by atoms with Crippen molar-refractivity contribution in [1.29, 1.82) is 0 Å².